The lowest BCUT2D eigenvalue weighted by atomic mass is 9.93. The normalized spacial score (nSPS) is 19.1. The number of carbonyl (C=O) groups excluding carboxylic acids is 1. The van der Waals surface area contributed by atoms with E-state index in [1.165, 1.54) is 6.26 Å². The average Bonchev–Trinajstić information content (AvgIpc) is 3.09. The van der Waals surface area contributed by atoms with Crippen molar-refractivity contribution in [2.75, 3.05) is 13.1 Å². The Morgan fingerprint density at radius 3 is 2.92 bits per heavy atom. The molecule has 2 aromatic rings. The van der Waals surface area contributed by atoms with Gasteiger partial charge in [-0.15, -0.1) is 0 Å². The summed E-state index contributed by atoms with van der Waals surface area (Å²) in [5, 5.41) is 9.79. The van der Waals surface area contributed by atoms with Gasteiger partial charge in [0.2, 0.25) is 0 Å². The van der Waals surface area contributed by atoms with Crippen molar-refractivity contribution in [1.29, 1.82) is 0 Å². The number of aliphatic hydroxyl groups is 1. The predicted molar refractivity (Wildman–Crippen MR) is 89.8 cm³/mol. The number of carbonyl (C=O) groups is 1. The van der Waals surface area contributed by atoms with Crippen molar-refractivity contribution < 1.29 is 19.1 Å². The standard InChI is InChI=1S/C19H23NO4/c1-14(21)15-6-5-10-20(12-15)19(22)18-16(9-11-23-18)13-24-17-7-3-2-4-8-17/h2-4,7-9,11,14-15,21H,5-6,10,12-13H2,1H3. The smallest absolute Gasteiger partial charge is 0.289 e. The lowest BCUT2D eigenvalue weighted by Gasteiger charge is -2.33. The van der Waals surface area contributed by atoms with Crippen molar-refractivity contribution in [3.8, 4) is 5.75 Å². The van der Waals surface area contributed by atoms with Crippen LogP contribution in [0.15, 0.2) is 47.1 Å². The third-order valence-corrected chi connectivity index (χ3v) is 4.51. The average molecular weight is 329 g/mol. The van der Waals surface area contributed by atoms with Crippen molar-refractivity contribution in [2.45, 2.75) is 32.5 Å². The molecule has 5 heteroatoms. The molecule has 2 heterocycles. The highest BCUT2D eigenvalue weighted by Gasteiger charge is 2.29. The number of likely N-dealkylation sites (tertiary alicyclic amines) is 1. The second-order valence-electron chi connectivity index (χ2n) is 6.27. The van der Waals surface area contributed by atoms with Gasteiger partial charge in [-0.1, -0.05) is 18.2 Å². The topological polar surface area (TPSA) is 62.9 Å². The fourth-order valence-electron chi connectivity index (χ4n) is 3.05. The van der Waals surface area contributed by atoms with E-state index < -0.39 is 6.10 Å². The fourth-order valence-corrected chi connectivity index (χ4v) is 3.05. The number of furan rings is 1. The molecule has 1 fully saturated rings. The van der Waals surface area contributed by atoms with Crippen LogP contribution in [-0.2, 0) is 6.61 Å². The maximum absolute atomic E-state index is 12.8. The van der Waals surface area contributed by atoms with Crippen LogP contribution in [0.3, 0.4) is 0 Å². The van der Waals surface area contributed by atoms with Gasteiger partial charge in [0.25, 0.3) is 5.91 Å². The van der Waals surface area contributed by atoms with Crippen LogP contribution in [0, 0.1) is 5.92 Å². The fraction of sp³-hybridized carbons (Fsp3) is 0.421. The van der Waals surface area contributed by atoms with E-state index >= 15 is 0 Å². The Balaban J connectivity index is 1.66. The Morgan fingerprint density at radius 1 is 1.38 bits per heavy atom. The monoisotopic (exact) mass is 329 g/mol. The summed E-state index contributed by atoms with van der Waals surface area (Å²) < 4.78 is 11.1. The first kappa shape index (κ1) is 16.6. The first-order chi connectivity index (χ1) is 11.6. The Bertz CT molecular complexity index is 665. The van der Waals surface area contributed by atoms with E-state index in [4.69, 9.17) is 9.15 Å². The molecule has 2 unspecified atom stereocenters. The second kappa shape index (κ2) is 7.53. The predicted octanol–water partition coefficient (Wildman–Crippen LogP) is 3.09. The summed E-state index contributed by atoms with van der Waals surface area (Å²) in [4.78, 5) is 14.5. The van der Waals surface area contributed by atoms with Crippen LogP contribution in [-0.4, -0.2) is 35.1 Å². The first-order valence-electron chi connectivity index (χ1n) is 8.36. The van der Waals surface area contributed by atoms with Gasteiger partial charge in [0, 0.05) is 24.6 Å². The van der Waals surface area contributed by atoms with E-state index in [2.05, 4.69) is 0 Å². The van der Waals surface area contributed by atoms with E-state index in [1.807, 2.05) is 30.3 Å². The molecule has 0 radical (unpaired) electrons. The molecular weight excluding hydrogens is 306 g/mol. The van der Waals surface area contributed by atoms with Gasteiger partial charge in [0.1, 0.15) is 12.4 Å². The minimum atomic E-state index is -0.405. The SMILES string of the molecule is CC(O)C1CCCN(C(=O)c2occc2COc2ccccc2)C1. The van der Waals surface area contributed by atoms with Gasteiger partial charge < -0.3 is 19.2 Å². The van der Waals surface area contributed by atoms with E-state index in [-0.39, 0.29) is 18.4 Å². The van der Waals surface area contributed by atoms with Crippen LogP contribution < -0.4 is 4.74 Å². The van der Waals surface area contributed by atoms with Gasteiger partial charge in [-0.25, -0.2) is 0 Å². The zero-order valence-electron chi connectivity index (χ0n) is 13.9. The maximum Gasteiger partial charge on any atom is 0.289 e. The summed E-state index contributed by atoms with van der Waals surface area (Å²) in [5.74, 6) is 1.08. The van der Waals surface area contributed by atoms with Gasteiger partial charge in [-0.2, -0.15) is 0 Å². The largest absolute Gasteiger partial charge is 0.489 e. The van der Waals surface area contributed by atoms with E-state index in [1.54, 1.807) is 17.9 Å². The van der Waals surface area contributed by atoms with E-state index in [0.29, 0.717) is 18.8 Å². The zero-order valence-corrected chi connectivity index (χ0v) is 13.9. The third kappa shape index (κ3) is 3.79. The van der Waals surface area contributed by atoms with Crippen LogP contribution >= 0.6 is 0 Å². The van der Waals surface area contributed by atoms with Gasteiger partial charge in [-0.3, -0.25) is 4.79 Å². The number of benzene rings is 1. The molecule has 1 aromatic carbocycles. The Kier molecular flexibility index (Phi) is 5.20. The molecule has 128 valence electrons. The molecule has 1 amide bonds. The van der Waals surface area contributed by atoms with E-state index in [0.717, 1.165) is 24.2 Å². The lowest BCUT2D eigenvalue weighted by molar-refractivity contribution is 0.0440. The molecule has 3 rings (SSSR count). The number of para-hydroxylation sites is 1. The van der Waals surface area contributed by atoms with Gasteiger partial charge >= 0.3 is 0 Å². The maximum atomic E-state index is 12.8. The molecule has 5 nitrogen and oxygen atoms in total. The molecule has 1 N–H and O–H groups in total. The Hall–Kier alpha value is -2.27. The number of hydrogen-bond donors (Lipinski definition) is 1. The summed E-state index contributed by atoms with van der Waals surface area (Å²) in [7, 11) is 0. The molecule has 0 bridgehead atoms. The molecule has 1 saturated heterocycles. The molecule has 0 aliphatic carbocycles. The minimum absolute atomic E-state index is 0.127. The van der Waals surface area contributed by atoms with Gasteiger partial charge in [0.05, 0.1) is 12.4 Å². The molecular formula is C19H23NO4. The third-order valence-electron chi connectivity index (χ3n) is 4.51. The van der Waals surface area contributed by atoms with Gasteiger partial charge in [0.15, 0.2) is 5.76 Å². The van der Waals surface area contributed by atoms with Gasteiger partial charge in [-0.05, 0) is 38.0 Å². The molecule has 1 aliphatic rings. The highest BCUT2D eigenvalue weighted by molar-refractivity contribution is 5.93. The molecule has 24 heavy (non-hydrogen) atoms. The zero-order chi connectivity index (χ0) is 16.9. The Labute approximate surface area is 141 Å². The molecule has 1 aliphatic heterocycles. The summed E-state index contributed by atoms with van der Waals surface area (Å²) in [6.45, 7) is 3.33. The van der Waals surface area contributed by atoms with Crippen molar-refractivity contribution in [3.63, 3.8) is 0 Å². The van der Waals surface area contributed by atoms with Crippen molar-refractivity contribution in [3.05, 3.63) is 54.0 Å². The molecule has 1 aromatic heterocycles. The molecule has 0 saturated carbocycles. The molecule has 0 spiro atoms. The second-order valence-corrected chi connectivity index (χ2v) is 6.27. The molecule has 2 atom stereocenters. The number of aliphatic hydroxyl groups excluding tert-OH is 1. The highest BCUT2D eigenvalue weighted by atomic mass is 16.5. The summed E-state index contributed by atoms with van der Waals surface area (Å²) in [5.41, 5.74) is 0.739. The number of rotatable bonds is 5. The quantitative estimate of drug-likeness (QED) is 0.915. The van der Waals surface area contributed by atoms with Crippen LogP contribution in [0.4, 0.5) is 0 Å². The van der Waals surface area contributed by atoms with E-state index in [9.17, 15) is 9.90 Å². The van der Waals surface area contributed by atoms with Crippen LogP contribution in [0.1, 0.15) is 35.9 Å². The number of nitrogens with zero attached hydrogens (tertiary/aromatic N) is 1. The van der Waals surface area contributed by atoms with Crippen molar-refractivity contribution in [2.24, 2.45) is 5.92 Å². The van der Waals surface area contributed by atoms with Crippen LogP contribution in [0.25, 0.3) is 0 Å². The van der Waals surface area contributed by atoms with Crippen LogP contribution in [0.5, 0.6) is 5.75 Å². The summed E-state index contributed by atoms with van der Waals surface area (Å²) in [6, 6.07) is 11.3. The lowest BCUT2D eigenvalue weighted by Crippen LogP contribution is -2.43. The number of piperidine rings is 1. The Morgan fingerprint density at radius 2 is 2.17 bits per heavy atom. The first-order valence-corrected chi connectivity index (χ1v) is 8.36. The summed E-state index contributed by atoms with van der Waals surface area (Å²) >= 11 is 0. The number of hydrogen-bond acceptors (Lipinski definition) is 4. The van der Waals surface area contributed by atoms with Crippen molar-refractivity contribution >= 4 is 5.91 Å². The van der Waals surface area contributed by atoms with Crippen LogP contribution in [0.2, 0.25) is 0 Å². The minimum Gasteiger partial charge on any atom is -0.489 e. The highest BCUT2D eigenvalue weighted by Crippen LogP contribution is 2.23. The van der Waals surface area contributed by atoms with Crippen molar-refractivity contribution in [1.82, 2.24) is 4.90 Å². The number of ether oxygens (including phenoxy) is 1. The summed E-state index contributed by atoms with van der Waals surface area (Å²) in [6.07, 6.45) is 2.96. The number of amides is 1.